The molecule has 0 radical (unpaired) electrons. The summed E-state index contributed by atoms with van der Waals surface area (Å²) in [5.74, 6) is 0.00751. The van der Waals surface area contributed by atoms with Crippen molar-refractivity contribution < 1.29 is 4.79 Å². The smallest absolute Gasteiger partial charge is 0.256 e. The van der Waals surface area contributed by atoms with E-state index in [1.165, 1.54) is 27.9 Å². The van der Waals surface area contributed by atoms with Crippen LogP contribution in [0, 0.1) is 6.92 Å². The van der Waals surface area contributed by atoms with Crippen LogP contribution in [0.3, 0.4) is 0 Å². The van der Waals surface area contributed by atoms with Gasteiger partial charge in [-0.15, -0.1) is 0 Å². The minimum atomic E-state index is 0.00751. The van der Waals surface area contributed by atoms with Gasteiger partial charge >= 0.3 is 0 Å². The lowest BCUT2D eigenvalue weighted by atomic mass is 10.00. The zero-order chi connectivity index (χ0) is 16.4. The number of carbonyl (C=O) groups excluding carboxylic acids is 1. The number of hydrogen-bond acceptors (Lipinski definition) is 1. The van der Waals surface area contributed by atoms with Crippen molar-refractivity contribution >= 4 is 54.4 Å². The molecular formula is C18H19I2NO. The van der Waals surface area contributed by atoms with Crippen molar-refractivity contribution in [2.75, 3.05) is 5.32 Å². The van der Waals surface area contributed by atoms with Gasteiger partial charge in [0.2, 0.25) is 0 Å². The SMILES string of the molecule is CC1=C(C)C(C)=C(/C=C2\C(=O)Nc3ccc(C)cc32)C1.II. The fourth-order valence-corrected chi connectivity index (χ4v) is 2.89. The highest BCUT2D eigenvalue weighted by Gasteiger charge is 2.25. The van der Waals surface area contributed by atoms with E-state index in [9.17, 15) is 4.79 Å². The number of carbonyl (C=O) groups is 1. The highest BCUT2D eigenvalue weighted by Crippen LogP contribution is 2.37. The second-order valence-electron chi connectivity index (χ2n) is 5.79. The minimum absolute atomic E-state index is 0.00751. The second-order valence-corrected chi connectivity index (χ2v) is 5.79. The molecule has 22 heavy (non-hydrogen) atoms. The summed E-state index contributed by atoms with van der Waals surface area (Å²) in [6.45, 7) is 8.51. The van der Waals surface area contributed by atoms with Crippen LogP contribution in [0.15, 0.2) is 46.6 Å². The molecular weight excluding hydrogens is 500 g/mol. The fourth-order valence-electron chi connectivity index (χ4n) is 2.89. The number of benzene rings is 1. The topological polar surface area (TPSA) is 29.1 Å². The Labute approximate surface area is 155 Å². The highest BCUT2D eigenvalue weighted by atomic mass is 128. The third kappa shape index (κ3) is 3.32. The molecule has 1 aromatic carbocycles. The molecule has 1 amide bonds. The molecule has 1 aromatic rings. The van der Waals surface area contributed by atoms with Gasteiger partial charge in [-0.3, -0.25) is 4.79 Å². The van der Waals surface area contributed by atoms with Crippen LogP contribution in [-0.4, -0.2) is 5.91 Å². The van der Waals surface area contributed by atoms with E-state index in [1.54, 1.807) is 0 Å². The van der Waals surface area contributed by atoms with E-state index in [-0.39, 0.29) is 5.91 Å². The number of hydrogen-bond donors (Lipinski definition) is 1. The van der Waals surface area contributed by atoms with E-state index in [0.29, 0.717) is 0 Å². The first-order chi connectivity index (χ1) is 10.5. The van der Waals surface area contributed by atoms with Crippen LogP contribution < -0.4 is 5.32 Å². The van der Waals surface area contributed by atoms with E-state index in [4.69, 9.17) is 0 Å². The summed E-state index contributed by atoms with van der Waals surface area (Å²) in [5, 5.41) is 2.94. The zero-order valence-electron chi connectivity index (χ0n) is 13.2. The summed E-state index contributed by atoms with van der Waals surface area (Å²) in [4.78, 5) is 12.2. The molecule has 4 heteroatoms. The van der Waals surface area contributed by atoms with Gasteiger partial charge in [-0.1, -0.05) is 17.2 Å². The van der Waals surface area contributed by atoms with Gasteiger partial charge in [0, 0.05) is 54.1 Å². The molecule has 3 rings (SSSR count). The van der Waals surface area contributed by atoms with E-state index < -0.39 is 0 Å². The summed E-state index contributed by atoms with van der Waals surface area (Å²) >= 11 is 4.24. The minimum Gasteiger partial charge on any atom is -0.321 e. The van der Waals surface area contributed by atoms with Crippen molar-refractivity contribution in [1.29, 1.82) is 0 Å². The molecule has 2 nitrogen and oxygen atoms in total. The monoisotopic (exact) mass is 519 g/mol. The average Bonchev–Trinajstić information content (AvgIpc) is 2.94. The molecule has 2 aliphatic rings. The standard InChI is InChI=1S/C18H19NO.I2/c1-10-5-6-17-15(7-10)16(18(20)19-17)9-14-8-11(2)12(3)13(14)4;1-2/h5-7,9H,8H2,1-4H3,(H,19,20);/b16-9-;. The first-order valence-corrected chi connectivity index (χ1v) is 13.4. The van der Waals surface area contributed by atoms with Crippen LogP contribution in [0.1, 0.15) is 38.3 Å². The van der Waals surface area contributed by atoms with Gasteiger partial charge in [0.05, 0.1) is 0 Å². The van der Waals surface area contributed by atoms with Gasteiger partial charge in [-0.25, -0.2) is 0 Å². The Balaban J connectivity index is 0.000000847. The van der Waals surface area contributed by atoms with E-state index in [1.807, 2.05) is 12.1 Å². The maximum absolute atomic E-state index is 12.2. The predicted molar refractivity (Wildman–Crippen MR) is 112 cm³/mol. The third-order valence-corrected chi connectivity index (χ3v) is 4.42. The number of aryl methyl sites for hydroxylation is 1. The lowest BCUT2D eigenvalue weighted by Gasteiger charge is -2.02. The lowest BCUT2D eigenvalue weighted by Crippen LogP contribution is -2.04. The molecule has 0 spiro atoms. The molecule has 0 fully saturated rings. The summed E-state index contributed by atoms with van der Waals surface area (Å²) < 4.78 is 0. The van der Waals surface area contributed by atoms with Gasteiger partial charge < -0.3 is 5.32 Å². The molecule has 0 saturated carbocycles. The Morgan fingerprint density at radius 1 is 1.09 bits per heavy atom. The second kappa shape index (κ2) is 7.29. The van der Waals surface area contributed by atoms with Crippen molar-refractivity contribution in [3.63, 3.8) is 0 Å². The lowest BCUT2D eigenvalue weighted by molar-refractivity contribution is -0.110. The van der Waals surface area contributed by atoms with Crippen LogP contribution in [0.2, 0.25) is 0 Å². The Morgan fingerprint density at radius 3 is 2.36 bits per heavy atom. The number of nitrogens with one attached hydrogen (secondary N) is 1. The number of anilines is 1. The number of fused-ring (bicyclic) bond motifs is 1. The van der Waals surface area contributed by atoms with Gasteiger partial charge in [-0.05, 0) is 69.0 Å². The predicted octanol–water partition coefficient (Wildman–Crippen LogP) is 6.16. The summed E-state index contributed by atoms with van der Waals surface area (Å²) in [5.41, 5.74) is 9.25. The Hall–Kier alpha value is -0.630. The number of halogens is 2. The van der Waals surface area contributed by atoms with Crippen molar-refractivity contribution in [1.82, 2.24) is 0 Å². The van der Waals surface area contributed by atoms with Crippen LogP contribution >= 0.6 is 37.2 Å². The maximum Gasteiger partial charge on any atom is 0.256 e. The normalized spacial score (nSPS) is 18.5. The molecule has 0 unspecified atom stereocenters. The third-order valence-electron chi connectivity index (χ3n) is 4.42. The quantitative estimate of drug-likeness (QED) is 0.350. The number of rotatable bonds is 1. The molecule has 1 N–H and O–H groups in total. The van der Waals surface area contributed by atoms with Crippen molar-refractivity contribution in [2.45, 2.75) is 34.1 Å². The van der Waals surface area contributed by atoms with Gasteiger partial charge in [0.1, 0.15) is 0 Å². The average molecular weight is 519 g/mol. The van der Waals surface area contributed by atoms with Gasteiger partial charge in [0.25, 0.3) is 5.91 Å². The molecule has 0 aromatic heterocycles. The van der Waals surface area contributed by atoms with Crippen molar-refractivity contribution in [3.8, 4) is 0 Å². The summed E-state index contributed by atoms with van der Waals surface area (Å²) in [7, 11) is 0. The van der Waals surface area contributed by atoms with E-state index in [0.717, 1.165) is 23.2 Å². The molecule has 0 bridgehead atoms. The van der Waals surface area contributed by atoms with Gasteiger partial charge in [-0.2, -0.15) is 0 Å². The molecule has 0 saturated heterocycles. The van der Waals surface area contributed by atoms with Crippen LogP contribution in [0.4, 0.5) is 5.69 Å². The van der Waals surface area contributed by atoms with Gasteiger partial charge in [0.15, 0.2) is 0 Å². The molecule has 1 aliphatic heterocycles. The van der Waals surface area contributed by atoms with Crippen LogP contribution in [0.25, 0.3) is 5.57 Å². The van der Waals surface area contributed by atoms with Crippen molar-refractivity contribution in [2.24, 2.45) is 0 Å². The maximum atomic E-state index is 12.2. The molecule has 0 atom stereocenters. The Kier molecular flexibility index (Phi) is 5.87. The van der Waals surface area contributed by atoms with Crippen LogP contribution in [-0.2, 0) is 4.79 Å². The van der Waals surface area contributed by atoms with E-state index in [2.05, 4.69) is 82.4 Å². The first kappa shape index (κ1) is 17.7. The van der Waals surface area contributed by atoms with Crippen molar-refractivity contribution in [3.05, 3.63) is 57.7 Å². The largest absolute Gasteiger partial charge is 0.321 e. The Bertz CT molecular complexity index is 727. The van der Waals surface area contributed by atoms with Crippen LogP contribution in [0.5, 0.6) is 0 Å². The number of amides is 1. The fraction of sp³-hybridized carbons (Fsp3) is 0.278. The Morgan fingerprint density at radius 2 is 1.77 bits per heavy atom. The number of allylic oxidation sites excluding steroid dienone is 5. The summed E-state index contributed by atoms with van der Waals surface area (Å²) in [6.07, 6.45) is 3.02. The first-order valence-electron chi connectivity index (χ1n) is 7.12. The van der Waals surface area contributed by atoms with E-state index >= 15 is 0 Å². The highest BCUT2D eigenvalue weighted by molar-refractivity contribution is 15.0. The molecule has 1 aliphatic carbocycles. The summed E-state index contributed by atoms with van der Waals surface area (Å²) in [6, 6.07) is 6.09. The zero-order valence-corrected chi connectivity index (χ0v) is 17.5. The molecule has 116 valence electrons. The molecule has 1 heterocycles.